The van der Waals surface area contributed by atoms with Crippen molar-refractivity contribution in [2.24, 2.45) is 0 Å². The smallest absolute Gasteiger partial charge is 0.306 e. The van der Waals surface area contributed by atoms with Crippen molar-refractivity contribution in [2.45, 2.75) is 219 Å². The molecular weight excluding hydrogens is 853 g/mol. The molecule has 6 nitrogen and oxygen atoms in total. The molecule has 0 aromatic heterocycles. The van der Waals surface area contributed by atoms with Gasteiger partial charge in [0.2, 0.25) is 0 Å². The zero-order valence-electron chi connectivity index (χ0n) is 44.0. The lowest BCUT2D eigenvalue weighted by atomic mass is 10.1. The lowest BCUT2D eigenvalue weighted by Gasteiger charge is -2.18. The van der Waals surface area contributed by atoms with E-state index in [1.54, 1.807) is 0 Å². The van der Waals surface area contributed by atoms with Gasteiger partial charge >= 0.3 is 17.9 Å². The summed E-state index contributed by atoms with van der Waals surface area (Å²) in [5.74, 6) is -1.03. The van der Waals surface area contributed by atoms with Crippen LogP contribution in [0.25, 0.3) is 0 Å². The Kier molecular flexibility index (Phi) is 52.1. The fourth-order valence-electron chi connectivity index (χ4n) is 6.76. The van der Waals surface area contributed by atoms with E-state index in [2.05, 4.69) is 167 Å². The molecule has 0 rings (SSSR count). The van der Waals surface area contributed by atoms with Crippen molar-refractivity contribution in [3.63, 3.8) is 0 Å². The van der Waals surface area contributed by atoms with Gasteiger partial charge in [0.25, 0.3) is 0 Å². The average Bonchev–Trinajstić information content (AvgIpc) is 3.35. The molecule has 0 fully saturated rings. The van der Waals surface area contributed by atoms with Gasteiger partial charge in [-0.3, -0.25) is 14.4 Å². The summed E-state index contributed by atoms with van der Waals surface area (Å²) in [6.07, 6.45) is 79.8. The molecule has 0 aliphatic carbocycles. The quantitative estimate of drug-likeness (QED) is 0.0262. The predicted molar refractivity (Wildman–Crippen MR) is 297 cm³/mol. The van der Waals surface area contributed by atoms with Crippen LogP contribution in [-0.2, 0) is 28.6 Å². The molecule has 0 heterocycles. The Morgan fingerprint density at radius 3 is 0.913 bits per heavy atom. The van der Waals surface area contributed by atoms with Crippen LogP contribution in [0.15, 0.2) is 146 Å². The molecule has 0 spiro atoms. The van der Waals surface area contributed by atoms with Crippen molar-refractivity contribution in [3.05, 3.63) is 146 Å². The van der Waals surface area contributed by atoms with Crippen LogP contribution in [0.1, 0.15) is 213 Å². The highest BCUT2D eigenvalue weighted by Crippen LogP contribution is 2.11. The first-order valence-electron chi connectivity index (χ1n) is 27.3. The first kappa shape index (κ1) is 64.3. The molecule has 0 N–H and O–H groups in total. The van der Waals surface area contributed by atoms with Gasteiger partial charge in [-0.25, -0.2) is 0 Å². The van der Waals surface area contributed by atoms with Gasteiger partial charge in [-0.15, -0.1) is 0 Å². The number of rotatable bonds is 47. The van der Waals surface area contributed by atoms with Crippen molar-refractivity contribution >= 4 is 17.9 Å². The number of unbranched alkanes of at least 4 members (excludes halogenated alkanes) is 12. The monoisotopic (exact) mass is 951 g/mol. The summed E-state index contributed by atoms with van der Waals surface area (Å²) in [5, 5.41) is 0. The fraction of sp³-hybridized carbons (Fsp3) is 0.571. The molecule has 0 aromatic rings. The average molecular weight is 951 g/mol. The van der Waals surface area contributed by atoms with E-state index in [4.69, 9.17) is 14.2 Å². The van der Waals surface area contributed by atoms with Gasteiger partial charge in [0, 0.05) is 19.3 Å². The van der Waals surface area contributed by atoms with Gasteiger partial charge in [0.1, 0.15) is 13.2 Å². The molecule has 69 heavy (non-hydrogen) atoms. The largest absolute Gasteiger partial charge is 0.462 e. The van der Waals surface area contributed by atoms with Crippen LogP contribution in [0.4, 0.5) is 0 Å². The predicted octanol–water partition coefficient (Wildman–Crippen LogP) is 18.4. The van der Waals surface area contributed by atoms with Crippen molar-refractivity contribution in [1.29, 1.82) is 0 Å². The van der Waals surface area contributed by atoms with Crippen LogP contribution in [0.5, 0.6) is 0 Å². The van der Waals surface area contributed by atoms with Gasteiger partial charge in [-0.2, -0.15) is 0 Å². The van der Waals surface area contributed by atoms with Gasteiger partial charge < -0.3 is 14.2 Å². The van der Waals surface area contributed by atoms with E-state index >= 15 is 0 Å². The van der Waals surface area contributed by atoms with Crippen molar-refractivity contribution in [3.8, 4) is 0 Å². The second kappa shape index (κ2) is 55.9. The van der Waals surface area contributed by atoms with Crippen LogP contribution in [-0.4, -0.2) is 37.2 Å². The third-order valence-corrected chi connectivity index (χ3v) is 10.8. The van der Waals surface area contributed by atoms with Gasteiger partial charge in [-0.1, -0.05) is 199 Å². The Hall–Kier alpha value is -4.71. The van der Waals surface area contributed by atoms with Crippen molar-refractivity contribution < 1.29 is 28.6 Å². The molecule has 0 aromatic carbocycles. The topological polar surface area (TPSA) is 78.9 Å². The number of hydrogen-bond donors (Lipinski definition) is 0. The Morgan fingerprint density at radius 1 is 0.304 bits per heavy atom. The van der Waals surface area contributed by atoms with E-state index < -0.39 is 6.10 Å². The molecule has 386 valence electrons. The fourth-order valence-corrected chi connectivity index (χ4v) is 6.76. The van der Waals surface area contributed by atoms with E-state index in [0.29, 0.717) is 19.3 Å². The third kappa shape index (κ3) is 54.1. The third-order valence-electron chi connectivity index (χ3n) is 10.8. The van der Waals surface area contributed by atoms with Crippen LogP contribution < -0.4 is 0 Å². The van der Waals surface area contributed by atoms with Crippen LogP contribution in [0, 0.1) is 0 Å². The normalized spacial score (nSPS) is 13.3. The standard InChI is InChI=1S/C63H98O6/c1-4-7-10-13-16-19-22-25-28-29-30-31-32-33-36-38-41-44-47-50-53-56-62(65)68-59-60(69-63(66)57-54-51-48-45-42-39-35-27-24-21-18-15-12-9-6-3)58-67-61(64)55-52-49-46-43-40-37-34-26-23-20-17-14-11-8-5-2/h7,9-10,12,16-21,25-28,30-31,33-36,41-42,44-45,60H,4-6,8,11,13-15,22-24,29,32,37-40,43,46-59H2,1-3H3/b10-7-,12-9-,19-16-,20-17-,21-18-,28-25-,31-30-,34-26-,35-27-,36-33-,44-41-,45-42-. The second-order valence-electron chi connectivity index (χ2n) is 17.4. The minimum Gasteiger partial charge on any atom is -0.462 e. The van der Waals surface area contributed by atoms with Crippen LogP contribution in [0.2, 0.25) is 0 Å². The number of carbonyl (C=O) groups is 3. The van der Waals surface area contributed by atoms with E-state index in [9.17, 15) is 14.4 Å². The zero-order valence-corrected chi connectivity index (χ0v) is 44.0. The van der Waals surface area contributed by atoms with E-state index in [1.807, 2.05) is 0 Å². The molecular formula is C63H98O6. The minimum atomic E-state index is -0.830. The number of allylic oxidation sites excluding steroid dienone is 24. The second-order valence-corrected chi connectivity index (χ2v) is 17.4. The van der Waals surface area contributed by atoms with Crippen LogP contribution in [0.3, 0.4) is 0 Å². The molecule has 0 aliphatic heterocycles. The highest BCUT2D eigenvalue weighted by molar-refractivity contribution is 5.71. The number of ether oxygens (including phenoxy) is 3. The van der Waals surface area contributed by atoms with Gasteiger partial charge in [0.15, 0.2) is 6.10 Å². The SMILES string of the molecule is CC/C=C\C/C=C\C/C=C\C/C=C\C/C=C\C/C=C\CCCCC(=O)OCC(COC(=O)CCCCCCC/C=C\C/C=C\CCCCC)OC(=O)CCCC/C=C\C/C=C\C/C=C\C/C=C\CC. The summed E-state index contributed by atoms with van der Waals surface area (Å²) in [4.78, 5) is 38.1. The highest BCUT2D eigenvalue weighted by atomic mass is 16.6. The molecule has 0 saturated heterocycles. The van der Waals surface area contributed by atoms with Crippen molar-refractivity contribution in [2.75, 3.05) is 13.2 Å². The number of hydrogen-bond acceptors (Lipinski definition) is 6. The summed E-state index contributed by atoms with van der Waals surface area (Å²) in [5.41, 5.74) is 0. The van der Waals surface area contributed by atoms with Crippen LogP contribution >= 0.6 is 0 Å². The molecule has 1 atom stereocenters. The first-order valence-corrected chi connectivity index (χ1v) is 27.3. The maximum atomic E-state index is 12.8. The maximum Gasteiger partial charge on any atom is 0.306 e. The Bertz CT molecular complexity index is 1560. The number of carbonyl (C=O) groups excluding carboxylic acids is 3. The van der Waals surface area contributed by atoms with E-state index in [1.165, 1.54) is 25.7 Å². The van der Waals surface area contributed by atoms with Crippen molar-refractivity contribution in [1.82, 2.24) is 0 Å². The Morgan fingerprint density at radius 2 is 0.565 bits per heavy atom. The molecule has 0 bridgehead atoms. The van der Waals surface area contributed by atoms with Gasteiger partial charge in [-0.05, 0) is 141 Å². The lowest BCUT2D eigenvalue weighted by Crippen LogP contribution is -2.30. The Labute approximate surface area is 423 Å². The summed E-state index contributed by atoms with van der Waals surface area (Å²) in [6, 6.07) is 0. The lowest BCUT2D eigenvalue weighted by molar-refractivity contribution is -0.167. The summed E-state index contributed by atoms with van der Waals surface area (Å²) < 4.78 is 16.7. The summed E-state index contributed by atoms with van der Waals surface area (Å²) in [6.45, 7) is 6.28. The zero-order chi connectivity index (χ0) is 50.0. The summed E-state index contributed by atoms with van der Waals surface area (Å²) in [7, 11) is 0. The molecule has 1 unspecified atom stereocenters. The molecule has 6 heteroatoms. The Balaban J connectivity index is 4.57. The first-order chi connectivity index (χ1) is 34.0. The van der Waals surface area contributed by atoms with Gasteiger partial charge in [0.05, 0.1) is 0 Å². The van der Waals surface area contributed by atoms with E-state index in [0.717, 1.165) is 135 Å². The minimum absolute atomic E-state index is 0.122. The van der Waals surface area contributed by atoms with E-state index in [-0.39, 0.29) is 44.0 Å². The highest BCUT2D eigenvalue weighted by Gasteiger charge is 2.19. The maximum absolute atomic E-state index is 12.8. The summed E-state index contributed by atoms with van der Waals surface area (Å²) >= 11 is 0. The molecule has 0 amide bonds. The molecule has 0 saturated carbocycles. The molecule has 0 radical (unpaired) electrons. The molecule has 0 aliphatic rings. The number of esters is 3.